The van der Waals surface area contributed by atoms with Crippen LogP contribution in [0.3, 0.4) is 0 Å². The molecule has 1 aliphatic heterocycles. The van der Waals surface area contributed by atoms with Gasteiger partial charge in [0, 0.05) is 18.5 Å². The number of unbranched alkanes of at least 4 members (excludes halogenated alkanes) is 4. The minimum Gasteiger partial charge on any atom is -0.493 e. The molecule has 6 heteroatoms. The molecule has 1 aliphatic rings. The average molecular weight is 512 g/mol. The molecule has 3 unspecified atom stereocenters. The van der Waals surface area contributed by atoms with Crippen LogP contribution in [-0.4, -0.2) is 48.5 Å². The van der Waals surface area contributed by atoms with Crippen molar-refractivity contribution in [3.63, 3.8) is 0 Å². The van der Waals surface area contributed by atoms with Gasteiger partial charge < -0.3 is 25.0 Å². The summed E-state index contributed by atoms with van der Waals surface area (Å²) in [6.07, 6.45) is 9.70. The molecule has 2 aromatic rings. The standard InChI is InChI=1S/C31H45NO5/c1-22(33)28-18-17-27-24(11-9-13-29(27)32-28)10-7-5-4-6-8-12-25(34)21-26(35)16-14-23-15-19-30(36-2)31(20-23)37-3/h9,11,13,15,19-20,22,25,28,32-34H,4-8,10,12,14,16-18,21H2,1-3H3. The number of methoxy groups -OCH3 is 2. The van der Waals surface area contributed by atoms with Crippen molar-refractivity contribution in [1.29, 1.82) is 0 Å². The molecule has 0 saturated carbocycles. The van der Waals surface area contributed by atoms with E-state index in [0.717, 1.165) is 50.5 Å². The smallest absolute Gasteiger partial charge is 0.160 e. The highest BCUT2D eigenvalue weighted by Gasteiger charge is 2.22. The summed E-state index contributed by atoms with van der Waals surface area (Å²) in [6, 6.07) is 12.3. The Morgan fingerprint density at radius 1 is 1.00 bits per heavy atom. The molecule has 1 heterocycles. The number of aliphatic hydroxyl groups excluding tert-OH is 2. The first-order valence-corrected chi connectivity index (χ1v) is 13.9. The molecule has 37 heavy (non-hydrogen) atoms. The number of rotatable bonds is 16. The average Bonchev–Trinajstić information content (AvgIpc) is 2.90. The largest absolute Gasteiger partial charge is 0.493 e. The molecule has 204 valence electrons. The number of benzene rings is 2. The van der Waals surface area contributed by atoms with Crippen LogP contribution in [0.1, 0.15) is 81.4 Å². The lowest BCUT2D eigenvalue weighted by molar-refractivity contribution is -0.121. The quantitative estimate of drug-likeness (QED) is 0.253. The van der Waals surface area contributed by atoms with Gasteiger partial charge in [0.15, 0.2) is 11.5 Å². The first-order valence-electron chi connectivity index (χ1n) is 13.9. The van der Waals surface area contributed by atoms with Crippen molar-refractivity contribution in [2.75, 3.05) is 19.5 Å². The van der Waals surface area contributed by atoms with Gasteiger partial charge in [-0.2, -0.15) is 0 Å². The fourth-order valence-electron chi connectivity index (χ4n) is 5.25. The number of aliphatic hydroxyl groups is 2. The molecule has 0 saturated heterocycles. The van der Waals surface area contributed by atoms with Crippen LogP contribution in [0.4, 0.5) is 5.69 Å². The van der Waals surface area contributed by atoms with E-state index in [2.05, 4.69) is 23.5 Å². The lowest BCUT2D eigenvalue weighted by Gasteiger charge is -2.30. The van der Waals surface area contributed by atoms with Gasteiger partial charge in [-0.05, 0) is 80.3 Å². The summed E-state index contributed by atoms with van der Waals surface area (Å²) in [5, 5.41) is 23.7. The van der Waals surface area contributed by atoms with Gasteiger partial charge in [-0.25, -0.2) is 0 Å². The SMILES string of the molecule is COc1ccc(CCC(=O)CC(O)CCCCCCCc2cccc3c2CCC(C(C)O)N3)cc1OC. The molecule has 0 radical (unpaired) electrons. The molecule has 0 aliphatic carbocycles. The third-order valence-corrected chi connectivity index (χ3v) is 7.49. The van der Waals surface area contributed by atoms with Gasteiger partial charge in [-0.15, -0.1) is 0 Å². The second-order valence-electron chi connectivity index (χ2n) is 10.4. The van der Waals surface area contributed by atoms with Gasteiger partial charge >= 0.3 is 0 Å². The first kappa shape index (κ1) is 29.0. The van der Waals surface area contributed by atoms with E-state index in [9.17, 15) is 15.0 Å². The third kappa shape index (κ3) is 9.04. The van der Waals surface area contributed by atoms with Gasteiger partial charge in [-0.1, -0.05) is 43.9 Å². The Bertz CT molecular complexity index is 990. The van der Waals surface area contributed by atoms with Crippen molar-refractivity contribution < 1.29 is 24.5 Å². The molecular weight excluding hydrogens is 466 g/mol. The maximum atomic E-state index is 12.3. The van der Waals surface area contributed by atoms with E-state index in [1.807, 2.05) is 25.1 Å². The van der Waals surface area contributed by atoms with Crippen LogP contribution in [0, 0.1) is 0 Å². The van der Waals surface area contributed by atoms with Crippen molar-refractivity contribution in [3.8, 4) is 11.5 Å². The van der Waals surface area contributed by atoms with E-state index in [1.165, 1.54) is 23.2 Å². The zero-order valence-corrected chi connectivity index (χ0v) is 22.8. The molecular formula is C31H45NO5. The predicted molar refractivity (Wildman–Crippen MR) is 149 cm³/mol. The van der Waals surface area contributed by atoms with E-state index in [4.69, 9.17) is 9.47 Å². The number of carbonyl (C=O) groups excluding carboxylic acids is 1. The summed E-state index contributed by atoms with van der Waals surface area (Å²) < 4.78 is 10.6. The number of aryl methyl sites for hydroxylation is 2. The maximum absolute atomic E-state index is 12.3. The molecule has 0 fully saturated rings. The third-order valence-electron chi connectivity index (χ3n) is 7.49. The van der Waals surface area contributed by atoms with Gasteiger partial charge in [-0.3, -0.25) is 4.79 Å². The molecule has 3 rings (SSSR count). The van der Waals surface area contributed by atoms with Gasteiger partial charge in [0.05, 0.1) is 32.5 Å². The normalized spacial score (nSPS) is 16.4. The topological polar surface area (TPSA) is 88.0 Å². The fraction of sp³-hybridized carbons (Fsp3) is 0.581. The molecule has 3 atom stereocenters. The Labute approximate surface area is 222 Å². The Morgan fingerprint density at radius 3 is 2.51 bits per heavy atom. The number of nitrogens with one attached hydrogen (secondary N) is 1. The van der Waals surface area contributed by atoms with Crippen LogP contribution >= 0.6 is 0 Å². The highest BCUT2D eigenvalue weighted by molar-refractivity contribution is 5.79. The van der Waals surface area contributed by atoms with Crippen molar-refractivity contribution in [1.82, 2.24) is 0 Å². The Hall–Kier alpha value is -2.57. The number of ketones is 1. The van der Waals surface area contributed by atoms with Gasteiger partial charge in [0.1, 0.15) is 5.78 Å². The number of hydrogen-bond acceptors (Lipinski definition) is 6. The summed E-state index contributed by atoms with van der Waals surface area (Å²) in [5.41, 5.74) is 5.05. The van der Waals surface area contributed by atoms with Crippen LogP contribution in [0.5, 0.6) is 11.5 Å². The number of hydrogen-bond donors (Lipinski definition) is 3. The van der Waals surface area contributed by atoms with Crippen LogP contribution in [0.25, 0.3) is 0 Å². The van der Waals surface area contributed by atoms with E-state index < -0.39 is 6.10 Å². The summed E-state index contributed by atoms with van der Waals surface area (Å²) in [7, 11) is 3.21. The molecule has 3 N–H and O–H groups in total. The highest BCUT2D eigenvalue weighted by atomic mass is 16.5. The van der Waals surface area contributed by atoms with Crippen LogP contribution in [0.2, 0.25) is 0 Å². The van der Waals surface area contributed by atoms with E-state index >= 15 is 0 Å². The molecule has 0 spiro atoms. The van der Waals surface area contributed by atoms with E-state index in [1.54, 1.807) is 14.2 Å². The second kappa shape index (κ2) is 15.0. The van der Waals surface area contributed by atoms with Crippen molar-refractivity contribution >= 4 is 11.5 Å². The lowest BCUT2D eigenvalue weighted by atomic mass is 9.90. The molecule has 0 amide bonds. The summed E-state index contributed by atoms with van der Waals surface area (Å²) in [6.45, 7) is 1.85. The Morgan fingerprint density at radius 2 is 1.76 bits per heavy atom. The maximum Gasteiger partial charge on any atom is 0.160 e. The monoisotopic (exact) mass is 511 g/mol. The molecule has 6 nitrogen and oxygen atoms in total. The number of Topliss-reactive ketones (excluding diaryl/α,β-unsaturated/α-hetero) is 1. The first-order chi connectivity index (χ1) is 17.9. The summed E-state index contributed by atoms with van der Waals surface area (Å²) >= 11 is 0. The van der Waals surface area contributed by atoms with E-state index in [0.29, 0.717) is 30.8 Å². The number of fused-ring (bicyclic) bond motifs is 1. The van der Waals surface area contributed by atoms with Crippen LogP contribution in [-0.2, 0) is 24.1 Å². The number of carbonyl (C=O) groups is 1. The van der Waals surface area contributed by atoms with Crippen LogP contribution < -0.4 is 14.8 Å². The zero-order chi connectivity index (χ0) is 26.6. The van der Waals surface area contributed by atoms with Crippen molar-refractivity contribution in [2.24, 2.45) is 0 Å². The highest BCUT2D eigenvalue weighted by Crippen LogP contribution is 2.30. The minimum absolute atomic E-state index is 0.0998. The Balaban J connectivity index is 1.27. The van der Waals surface area contributed by atoms with E-state index in [-0.39, 0.29) is 24.3 Å². The van der Waals surface area contributed by atoms with Crippen LogP contribution in [0.15, 0.2) is 36.4 Å². The summed E-state index contributed by atoms with van der Waals surface area (Å²) in [4.78, 5) is 12.3. The molecule has 2 aromatic carbocycles. The zero-order valence-electron chi connectivity index (χ0n) is 22.8. The van der Waals surface area contributed by atoms with Gasteiger partial charge in [0.25, 0.3) is 0 Å². The van der Waals surface area contributed by atoms with Gasteiger partial charge in [0.2, 0.25) is 0 Å². The molecule has 0 aromatic heterocycles. The number of ether oxygens (including phenoxy) is 2. The summed E-state index contributed by atoms with van der Waals surface area (Å²) in [5.74, 6) is 1.44. The van der Waals surface area contributed by atoms with Crippen molar-refractivity contribution in [2.45, 2.75) is 102 Å². The minimum atomic E-state index is -0.549. The van der Waals surface area contributed by atoms with Crippen molar-refractivity contribution in [3.05, 3.63) is 53.1 Å². The second-order valence-corrected chi connectivity index (χ2v) is 10.4. The fourth-order valence-corrected chi connectivity index (χ4v) is 5.25. The molecule has 0 bridgehead atoms. The predicted octanol–water partition coefficient (Wildman–Crippen LogP) is 5.65. The number of anilines is 1. The lowest BCUT2D eigenvalue weighted by Crippen LogP contribution is -2.35. The Kier molecular flexibility index (Phi) is 11.7.